The molecule has 0 spiro atoms. The maximum Gasteiger partial charge on any atom is 0.258 e. The fourth-order valence-electron chi connectivity index (χ4n) is 2.92. The molecule has 6 heteroatoms. The second kappa shape index (κ2) is 10.6. The summed E-state index contributed by atoms with van der Waals surface area (Å²) in [7, 11) is 0. The molecule has 0 atom stereocenters. The Hall–Kier alpha value is -3.85. The van der Waals surface area contributed by atoms with E-state index in [1.165, 1.54) is 0 Å². The Morgan fingerprint density at radius 2 is 1.90 bits per heavy atom. The van der Waals surface area contributed by atoms with Crippen LogP contribution in [0.5, 0.6) is 11.5 Å². The van der Waals surface area contributed by atoms with Crippen LogP contribution in [0.1, 0.15) is 29.3 Å². The van der Waals surface area contributed by atoms with Crippen LogP contribution in [0, 0.1) is 11.3 Å². The lowest BCUT2D eigenvalue weighted by molar-refractivity contribution is 0.0987. The molecule has 0 fully saturated rings. The molecule has 0 aliphatic rings. The summed E-state index contributed by atoms with van der Waals surface area (Å²) in [6.45, 7) is 3.15. The first-order chi connectivity index (χ1) is 14.7. The van der Waals surface area contributed by atoms with Crippen molar-refractivity contribution in [2.75, 3.05) is 18.1 Å². The van der Waals surface area contributed by atoms with Crippen LogP contribution in [-0.4, -0.2) is 24.0 Å². The van der Waals surface area contributed by atoms with E-state index in [1.807, 2.05) is 49.4 Å². The number of ether oxygens (including phenoxy) is 2. The number of nitrogens with zero attached hydrogens (tertiary/aromatic N) is 3. The number of hydrogen-bond donors (Lipinski definition) is 0. The highest BCUT2D eigenvalue weighted by Crippen LogP contribution is 2.23. The van der Waals surface area contributed by atoms with Crippen molar-refractivity contribution in [1.82, 2.24) is 4.98 Å². The average molecular weight is 401 g/mol. The standard InChI is InChI=1S/C24H23N3O3/c1-2-29-22-11-9-21(10-12-22)27(15-5-13-25)24(28)20-7-3-8-23(16-20)30-18-19-6-4-14-26-17-19/h3-4,6-12,14,16-17H,2,5,15,18H2,1H3. The molecule has 0 radical (unpaired) electrons. The predicted molar refractivity (Wildman–Crippen MR) is 115 cm³/mol. The zero-order chi connectivity index (χ0) is 21.2. The van der Waals surface area contributed by atoms with Gasteiger partial charge in [0.05, 0.1) is 19.1 Å². The van der Waals surface area contributed by atoms with E-state index in [4.69, 9.17) is 14.7 Å². The Labute approximate surface area is 176 Å². The smallest absolute Gasteiger partial charge is 0.258 e. The van der Waals surface area contributed by atoms with E-state index >= 15 is 0 Å². The summed E-state index contributed by atoms with van der Waals surface area (Å²) in [5.41, 5.74) is 2.14. The second-order valence-electron chi connectivity index (χ2n) is 6.47. The number of amides is 1. The third kappa shape index (κ3) is 5.58. The Morgan fingerprint density at radius 3 is 2.60 bits per heavy atom. The largest absolute Gasteiger partial charge is 0.494 e. The molecule has 0 aliphatic carbocycles. The van der Waals surface area contributed by atoms with Gasteiger partial charge in [0.2, 0.25) is 0 Å². The summed E-state index contributed by atoms with van der Waals surface area (Å²) in [6.07, 6.45) is 3.68. The quantitative estimate of drug-likeness (QED) is 0.523. The van der Waals surface area contributed by atoms with Gasteiger partial charge in [-0.05, 0) is 55.5 Å². The van der Waals surface area contributed by atoms with Crippen LogP contribution in [0.4, 0.5) is 5.69 Å². The first-order valence-corrected chi connectivity index (χ1v) is 9.74. The van der Waals surface area contributed by atoms with Crippen LogP contribution in [0.15, 0.2) is 73.1 Å². The maximum atomic E-state index is 13.2. The van der Waals surface area contributed by atoms with Gasteiger partial charge in [-0.1, -0.05) is 12.1 Å². The molecular formula is C24H23N3O3. The molecule has 152 valence electrons. The molecule has 1 amide bonds. The second-order valence-corrected chi connectivity index (χ2v) is 6.47. The zero-order valence-corrected chi connectivity index (χ0v) is 16.8. The minimum absolute atomic E-state index is 0.193. The van der Waals surface area contributed by atoms with Crippen molar-refractivity contribution in [2.45, 2.75) is 20.0 Å². The van der Waals surface area contributed by atoms with Crippen molar-refractivity contribution >= 4 is 11.6 Å². The molecule has 0 aliphatic heterocycles. The van der Waals surface area contributed by atoms with E-state index in [0.717, 1.165) is 11.3 Å². The fourth-order valence-corrected chi connectivity index (χ4v) is 2.92. The number of carbonyl (C=O) groups is 1. The topological polar surface area (TPSA) is 75.5 Å². The monoisotopic (exact) mass is 401 g/mol. The molecule has 0 saturated heterocycles. The molecule has 0 N–H and O–H groups in total. The van der Waals surface area contributed by atoms with Gasteiger partial charge in [-0.3, -0.25) is 9.78 Å². The Morgan fingerprint density at radius 1 is 1.07 bits per heavy atom. The summed E-state index contributed by atoms with van der Waals surface area (Å²) in [5.74, 6) is 1.14. The number of carbonyl (C=O) groups excluding carboxylic acids is 1. The van der Waals surface area contributed by atoms with E-state index in [9.17, 15) is 4.79 Å². The highest BCUT2D eigenvalue weighted by molar-refractivity contribution is 6.06. The summed E-state index contributed by atoms with van der Waals surface area (Å²) in [6, 6.07) is 20.2. The Bertz CT molecular complexity index is 998. The molecule has 0 unspecified atom stereocenters. The molecule has 30 heavy (non-hydrogen) atoms. The summed E-state index contributed by atoms with van der Waals surface area (Å²) in [5, 5.41) is 9.02. The van der Waals surface area contributed by atoms with Crippen molar-refractivity contribution in [3.63, 3.8) is 0 Å². The van der Waals surface area contributed by atoms with Gasteiger partial charge in [0.15, 0.2) is 0 Å². The summed E-state index contributed by atoms with van der Waals surface area (Å²) < 4.78 is 11.3. The SMILES string of the molecule is CCOc1ccc(N(CCC#N)C(=O)c2cccc(OCc3cccnc3)c2)cc1. The van der Waals surface area contributed by atoms with E-state index in [2.05, 4.69) is 11.1 Å². The molecule has 6 nitrogen and oxygen atoms in total. The predicted octanol–water partition coefficient (Wildman–Crippen LogP) is 4.62. The Kier molecular flexibility index (Phi) is 7.39. The average Bonchev–Trinajstić information content (AvgIpc) is 2.80. The molecule has 0 saturated carbocycles. The lowest BCUT2D eigenvalue weighted by Crippen LogP contribution is -2.31. The Balaban J connectivity index is 1.77. The summed E-state index contributed by atoms with van der Waals surface area (Å²) >= 11 is 0. The molecular weight excluding hydrogens is 378 g/mol. The van der Waals surface area contributed by atoms with Gasteiger partial charge in [0.1, 0.15) is 18.1 Å². The molecule has 0 bridgehead atoms. The van der Waals surface area contributed by atoms with Gasteiger partial charge in [-0.2, -0.15) is 5.26 Å². The first-order valence-electron chi connectivity index (χ1n) is 9.74. The van der Waals surface area contributed by atoms with Crippen LogP contribution in [0.2, 0.25) is 0 Å². The normalized spacial score (nSPS) is 10.1. The van der Waals surface area contributed by atoms with Crippen molar-refractivity contribution in [2.24, 2.45) is 0 Å². The lowest BCUT2D eigenvalue weighted by atomic mass is 10.1. The van der Waals surface area contributed by atoms with Gasteiger partial charge in [-0.25, -0.2) is 0 Å². The van der Waals surface area contributed by atoms with Crippen molar-refractivity contribution < 1.29 is 14.3 Å². The lowest BCUT2D eigenvalue weighted by Gasteiger charge is -2.22. The molecule has 3 aromatic rings. The van der Waals surface area contributed by atoms with E-state index in [-0.39, 0.29) is 12.3 Å². The number of hydrogen-bond acceptors (Lipinski definition) is 5. The van der Waals surface area contributed by atoms with Gasteiger partial charge in [0, 0.05) is 35.8 Å². The van der Waals surface area contributed by atoms with Crippen molar-refractivity contribution in [3.8, 4) is 17.6 Å². The van der Waals surface area contributed by atoms with Gasteiger partial charge < -0.3 is 14.4 Å². The maximum absolute atomic E-state index is 13.2. The zero-order valence-electron chi connectivity index (χ0n) is 16.8. The van der Waals surface area contributed by atoms with Gasteiger partial charge in [0.25, 0.3) is 5.91 Å². The number of anilines is 1. The highest BCUT2D eigenvalue weighted by atomic mass is 16.5. The number of nitriles is 1. The summed E-state index contributed by atoms with van der Waals surface area (Å²) in [4.78, 5) is 18.9. The molecule has 3 rings (SSSR count). The minimum atomic E-state index is -0.193. The van der Waals surface area contributed by atoms with Crippen LogP contribution >= 0.6 is 0 Å². The molecule has 1 aromatic heterocycles. The third-order valence-electron chi connectivity index (χ3n) is 4.36. The fraction of sp³-hybridized carbons (Fsp3) is 0.208. The first kappa shape index (κ1) is 20.9. The van der Waals surface area contributed by atoms with E-state index in [0.29, 0.717) is 36.8 Å². The third-order valence-corrected chi connectivity index (χ3v) is 4.36. The van der Waals surface area contributed by atoms with Crippen molar-refractivity contribution in [3.05, 3.63) is 84.2 Å². The molecule has 2 aromatic carbocycles. The van der Waals surface area contributed by atoms with Crippen LogP contribution in [0.3, 0.4) is 0 Å². The van der Waals surface area contributed by atoms with E-state index < -0.39 is 0 Å². The van der Waals surface area contributed by atoms with Gasteiger partial charge >= 0.3 is 0 Å². The number of aromatic nitrogens is 1. The van der Waals surface area contributed by atoms with Crippen LogP contribution in [-0.2, 0) is 6.61 Å². The van der Waals surface area contributed by atoms with Crippen LogP contribution < -0.4 is 14.4 Å². The van der Waals surface area contributed by atoms with Crippen molar-refractivity contribution in [1.29, 1.82) is 5.26 Å². The van der Waals surface area contributed by atoms with Gasteiger partial charge in [-0.15, -0.1) is 0 Å². The van der Waals surface area contributed by atoms with E-state index in [1.54, 1.807) is 35.5 Å². The minimum Gasteiger partial charge on any atom is -0.494 e. The number of benzene rings is 2. The van der Waals surface area contributed by atoms with Crippen LogP contribution in [0.25, 0.3) is 0 Å². The number of rotatable bonds is 9. The highest BCUT2D eigenvalue weighted by Gasteiger charge is 2.18. The number of pyridine rings is 1. The molecule has 1 heterocycles.